The van der Waals surface area contributed by atoms with E-state index in [1.165, 1.54) is 5.56 Å². The highest BCUT2D eigenvalue weighted by atomic mass is 35.5. The van der Waals surface area contributed by atoms with Crippen LogP contribution in [0.3, 0.4) is 0 Å². The van der Waals surface area contributed by atoms with Crippen molar-refractivity contribution in [2.24, 2.45) is 5.41 Å². The molecule has 0 unspecified atom stereocenters. The lowest BCUT2D eigenvalue weighted by Gasteiger charge is -2.44. The molecule has 1 heterocycles. The standard InChI is InChI=1S/C40H50ClN5O5/c1-39(2,3)23-42-35(47)22-34(46-40(25-51-26-40)24-43-36(48)29-17-19-30(41)20-18-29)38(50)45-33(21-16-27-10-5-4-6-11-27)37(49)44-32-15-9-13-28-12-7-8-14-31(28)32/h4-8,10-12,14,17-20,32-34,46H,9,13,15-16,21-26H2,1-3H3,(H,42,47)(H,43,48)(H,44,49)(H,45,50)/t32-,33+,34+/m1/s1. The van der Waals surface area contributed by atoms with E-state index in [1.807, 2.05) is 63.2 Å². The van der Waals surface area contributed by atoms with Gasteiger partial charge in [-0.2, -0.15) is 0 Å². The fourth-order valence-electron chi connectivity index (χ4n) is 6.41. The summed E-state index contributed by atoms with van der Waals surface area (Å²) in [6.07, 6.45) is 3.50. The second-order valence-electron chi connectivity index (χ2n) is 14.9. The van der Waals surface area contributed by atoms with Crippen molar-refractivity contribution in [2.45, 2.75) is 83.0 Å². The number of halogens is 1. The average molecular weight is 716 g/mol. The van der Waals surface area contributed by atoms with E-state index in [9.17, 15) is 19.2 Å². The van der Waals surface area contributed by atoms with Crippen LogP contribution in [-0.2, 0) is 32.0 Å². The first-order chi connectivity index (χ1) is 24.4. The molecule has 1 fully saturated rings. The Morgan fingerprint density at radius 1 is 0.882 bits per heavy atom. The lowest BCUT2D eigenvalue weighted by atomic mass is 9.87. The summed E-state index contributed by atoms with van der Waals surface area (Å²) in [6.45, 7) is 7.07. The van der Waals surface area contributed by atoms with Crippen LogP contribution < -0.4 is 26.6 Å². The van der Waals surface area contributed by atoms with Gasteiger partial charge in [0.1, 0.15) is 6.04 Å². The van der Waals surface area contributed by atoms with Crippen molar-refractivity contribution in [1.29, 1.82) is 0 Å². The van der Waals surface area contributed by atoms with E-state index in [0.717, 1.165) is 30.4 Å². The number of hydrogen-bond donors (Lipinski definition) is 5. The van der Waals surface area contributed by atoms with Crippen molar-refractivity contribution in [2.75, 3.05) is 26.3 Å². The van der Waals surface area contributed by atoms with Crippen LogP contribution in [0, 0.1) is 5.41 Å². The molecule has 0 aromatic heterocycles. The predicted molar refractivity (Wildman–Crippen MR) is 198 cm³/mol. The zero-order valence-electron chi connectivity index (χ0n) is 29.7. The maximum Gasteiger partial charge on any atom is 0.251 e. The largest absolute Gasteiger partial charge is 0.377 e. The van der Waals surface area contributed by atoms with Crippen LogP contribution in [-0.4, -0.2) is 67.6 Å². The third kappa shape index (κ3) is 11.1. The second-order valence-corrected chi connectivity index (χ2v) is 15.4. The van der Waals surface area contributed by atoms with Crippen molar-refractivity contribution < 1.29 is 23.9 Å². The van der Waals surface area contributed by atoms with E-state index in [1.54, 1.807) is 24.3 Å². The Morgan fingerprint density at radius 2 is 1.59 bits per heavy atom. The van der Waals surface area contributed by atoms with Crippen molar-refractivity contribution >= 4 is 35.2 Å². The maximum absolute atomic E-state index is 14.2. The molecule has 10 nitrogen and oxygen atoms in total. The van der Waals surface area contributed by atoms with Crippen molar-refractivity contribution in [3.8, 4) is 0 Å². The van der Waals surface area contributed by atoms with E-state index < -0.39 is 23.5 Å². The Hall–Kier alpha value is -4.25. The highest BCUT2D eigenvalue weighted by Crippen LogP contribution is 2.29. The number of ether oxygens (including phenoxy) is 1. The summed E-state index contributed by atoms with van der Waals surface area (Å²) in [5.41, 5.74) is 2.86. The van der Waals surface area contributed by atoms with Crippen LogP contribution in [0.1, 0.15) is 79.5 Å². The van der Waals surface area contributed by atoms with Gasteiger partial charge in [0.15, 0.2) is 0 Å². The summed E-state index contributed by atoms with van der Waals surface area (Å²) in [4.78, 5) is 54.5. The summed E-state index contributed by atoms with van der Waals surface area (Å²) in [5.74, 6) is -1.35. The van der Waals surface area contributed by atoms with E-state index in [2.05, 4.69) is 38.7 Å². The van der Waals surface area contributed by atoms with Gasteiger partial charge in [-0.05, 0) is 78.5 Å². The Balaban J connectivity index is 1.33. The second kappa shape index (κ2) is 17.3. The summed E-state index contributed by atoms with van der Waals surface area (Å²) in [6, 6.07) is 22.5. The molecule has 5 rings (SSSR count). The molecule has 0 radical (unpaired) electrons. The lowest BCUT2D eigenvalue weighted by molar-refractivity contribution is -0.135. The number of carbonyl (C=O) groups is 4. The smallest absolute Gasteiger partial charge is 0.251 e. The monoisotopic (exact) mass is 715 g/mol. The molecule has 0 bridgehead atoms. The molecule has 3 aromatic rings. The minimum absolute atomic E-state index is 0.154. The molecular weight excluding hydrogens is 666 g/mol. The third-order valence-electron chi connectivity index (χ3n) is 9.34. The fraction of sp³-hybridized carbons (Fsp3) is 0.450. The number of fused-ring (bicyclic) bond motifs is 1. The van der Waals surface area contributed by atoms with Crippen LogP contribution in [0.5, 0.6) is 0 Å². The quantitative estimate of drug-likeness (QED) is 0.155. The fourth-order valence-corrected chi connectivity index (χ4v) is 6.54. The van der Waals surface area contributed by atoms with Gasteiger partial charge < -0.3 is 26.0 Å². The third-order valence-corrected chi connectivity index (χ3v) is 9.59. The number of nitrogens with one attached hydrogen (secondary N) is 5. The number of carbonyl (C=O) groups excluding carboxylic acids is 4. The van der Waals surface area contributed by atoms with E-state index >= 15 is 0 Å². The van der Waals surface area contributed by atoms with Gasteiger partial charge in [-0.1, -0.05) is 87.0 Å². The topological polar surface area (TPSA) is 138 Å². The van der Waals surface area contributed by atoms with Gasteiger partial charge in [-0.3, -0.25) is 24.5 Å². The Labute approximate surface area is 305 Å². The van der Waals surface area contributed by atoms with Crippen LogP contribution in [0.4, 0.5) is 0 Å². The average Bonchev–Trinajstić information content (AvgIpc) is 3.10. The highest BCUT2D eigenvalue weighted by Gasteiger charge is 2.43. The molecular formula is C40H50ClN5O5. The Morgan fingerprint density at radius 3 is 2.27 bits per heavy atom. The molecule has 0 saturated carbocycles. The first-order valence-corrected chi connectivity index (χ1v) is 18.2. The lowest BCUT2D eigenvalue weighted by Crippen LogP contribution is -2.70. The summed E-state index contributed by atoms with van der Waals surface area (Å²) < 4.78 is 5.56. The zero-order valence-corrected chi connectivity index (χ0v) is 30.5. The molecule has 272 valence electrons. The van der Waals surface area contributed by atoms with Gasteiger partial charge in [0.2, 0.25) is 17.7 Å². The molecule has 2 aliphatic rings. The van der Waals surface area contributed by atoms with Gasteiger partial charge in [0.05, 0.1) is 37.3 Å². The minimum Gasteiger partial charge on any atom is -0.377 e. The number of rotatable bonds is 15. The van der Waals surface area contributed by atoms with Gasteiger partial charge in [0.25, 0.3) is 5.91 Å². The van der Waals surface area contributed by atoms with Crippen LogP contribution >= 0.6 is 11.6 Å². The molecule has 1 aliphatic carbocycles. The van der Waals surface area contributed by atoms with E-state index in [0.29, 0.717) is 30.0 Å². The molecule has 3 atom stereocenters. The molecule has 11 heteroatoms. The van der Waals surface area contributed by atoms with Crippen molar-refractivity contribution in [3.05, 3.63) is 106 Å². The SMILES string of the molecule is CC(C)(C)CNC(=O)C[C@H](NC1(CNC(=O)c2ccc(Cl)cc2)COC1)C(=O)N[C@@H](CCc1ccccc1)C(=O)N[C@@H]1CCCc2ccccc21. The molecule has 5 N–H and O–H groups in total. The molecule has 1 saturated heterocycles. The van der Waals surface area contributed by atoms with Crippen LogP contribution in [0.15, 0.2) is 78.9 Å². The van der Waals surface area contributed by atoms with Gasteiger partial charge in [-0.25, -0.2) is 0 Å². The zero-order chi connectivity index (χ0) is 36.4. The predicted octanol–water partition coefficient (Wildman–Crippen LogP) is 4.66. The number of aryl methyl sites for hydroxylation is 2. The molecule has 51 heavy (non-hydrogen) atoms. The number of benzene rings is 3. The molecule has 3 aromatic carbocycles. The van der Waals surface area contributed by atoms with E-state index in [4.69, 9.17) is 16.3 Å². The van der Waals surface area contributed by atoms with Crippen LogP contribution in [0.2, 0.25) is 5.02 Å². The molecule has 4 amide bonds. The van der Waals surface area contributed by atoms with Gasteiger partial charge >= 0.3 is 0 Å². The maximum atomic E-state index is 14.2. The number of amides is 4. The Kier molecular flexibility index (Phi) is 12.9. The molecule has 0 spiro atoms. The summed E-state index contributed by atoms with van der Waals surface area (Å²) >= 11 is 5.99. The highest BCUT2D eigenvalue weighted by molar-refractivity contribution is 6.30. The number of hydrogen-bond acceptors (Lipinski definition) is 6. The first-order valence-electron chi connectivity index (χ1n) is 17.8. The van der Waals surface area contributed by atoms with Crippen molar-refractivity contribution in [1.82, 2.24) is 26.6 Å². The van der Waals surface area contributed by atoms with Gasteiger partial charge in [0, 0.05) is 23.7 Å². The summed E-state index contributed by atoms with van der Waals surface area (Å²) in [7, 11) is 0. The first kappa shape index (κ1) is 38.0. The van der Waals surface area contributed by atoms with Gasteiger partial charge in [-0.15, -0.1) is 0 Å². The van der Waals surface area contributed by atoms with Crippen LogP contribution in [0.25, 0.3) is 0 Å². The van der Waals surface area contributed by atoms with Crippen molar-refractivity contribution in [3.63, 3.8) is 0 Å². The molecule has 1 aliphatic heterocycles. The Bertz CT molecular complexity index is 1660. The minimum atomic E-state index is -1.01. The van der Waals surface area contributed by atoms with E-state index in [-0.39, 0.29) is 55.4 Å². The summed E-state index contributed by atoms with van der Waals surface area (Å²) in [5, 5.41) is 16.0. The normalized spacial score (nSPS) is 17.5.